The lowest BCUT2D eigenvalue weighted by Crippen LogP contribution is -2.22. The average molecular weight is 572 g/mol. The summed E-state index contributed by atoms with van der Waals surface area (Å²) in [6.07, 6.45) is 6.33. The molecule has 0 unspecified atom stereocenters. The fraction of sp³-hybridized carbons (Fsp3) is 0.125. The van der Waals surface area contributed by atoms with Gasteiger partial charge in [0.25, 0.3) is 5.91 Å². The van der Waals surface area contributed by atoms with E-state index in [1.807, 2.05) is 62.4 Å². The summed E-state index contributed by atoms with van der Waals surface area (Å²) < 4.78 is 3.15. The van der Waals surface area contributed by atoms with E-state index in [0.717, 1.165) is 37.8 Å². The molecule has 0 aliphatic carbocycles. The molecule has 1 heterocycles. The Kier molecular flexibility index (Phi) is 9.26. The first-order valence-corrected chi connectivity index (χ1v) is 12.7. The number of hydrogen-bond acceptors (Lipinski definition) is 2. The van der Waals surface area contributed by atoms with Crippen molar-refractivity contribution >= 4 is 38.7 Å². The Morgan fingerprint density at radius 2 is 1.74 bits per heavy atom. The van der Waals surface area contributed by atoms with E-state index in [9.17, 15) is 14.7 Å². The number of aliphatic carboxylic acids is 1. The third-order valence-electron chi connectivity index (χ3n) is 6.38. The van der Waals surface area contributed by atoms with Crippen LogP contribution in [-0.4, -0.2) is 21.6 Å². The first kappa shape index (κ1) is 28.4. The maximum absolute atomic E-state index is 12.8. The van der Waals surface area contributed by atoms with E-state index in [4.69, 9.17) is 0 Å². The molecule has 3 aromatic rings. The number of halogens is 1. The fourth-order valence-corrected chi connectivity index (χ4v) is 4.31. The summed E-state index contributed by atoms with van der Waals surface area (Å²) >= 11 is 3.42. The Labute approximate surface area is 232 Å². The largest absolute Gasteiger partial charge is 0.478 e. The number of allylic oxidation sites excluding steroid dienone is 6. The lowest BCUT2D eigenvalue weighted by Gasteiger charge is -2.10. The molecular formula is C32H31BrN2O3. The minimum Gasteiger partial charge on any atom is -0.478 e. The van der Waals surface area contributed by atoms with Crippen LogP contribution in [0.4, 0.5) is 0 Å². The third kappa shape index (κ3) is 6.58. The lowest BCUT2D eigenvalue weighted by molar-refractivity contribution is -0.132. The Morgan fingerprint density at radius 1 is 1.05 bits per heavy atom. The predicted octanol–water partition coefficient (Wildman–Crippen LogP) is 7.37. The molecule has 0 atom stereocenters. The topological polar surface area (TPSA) is 71.3 Å². The highest BCUT2D eigenvalue weighted by molar-refractivity contribution is 9.10. The SMILES string of the molecule is C=C/C=C(\C(=C)C(=C)/C=C\C(=C)Cn1c(C)c(C)c2cc(C(=O)NCc3ccc(Br)cc3)ccc21)C(=O)O. The van der Waals surface area contributed by atoms with E-state index in [1.165, 1.54) is 12.2 Å². The first-order chi connectivity index (χ1) is 18.0. The Hall–Kier alpha value is -4.16. The maximum atomic E-state index is 12.8. The molecule has 1 amide bonds. The number of benzene rings is 2. The van der Waals surface area contributed by atoms with Crippen molar-refractivity contribution in [1.29, 1.82) is 0 Å². The van der Waals surface area contributed by atoms with Crippen molar-refractivity contribution in [3.8, 4) is 0 Å². The summed E-state index contributed by atoms with van der Waals surface area (Å²) in [5, 5.41) is 13.4. The maximum Gasteiger partial charge on any atom is 0.336 e. The molecule has 0 fully saturated rings. The second-order valence-electron chi connectivity index (χ2n) is 8.95. The van der Waals surface area contributed by atoms with E-state index in [0.29, 0.717) is 29.8 Å². The van der Waals surface area contributed by atoms with E-state index in [-0.39, 0.29) is 11.5 Å². The second kappa shape index (κ2) is 12.4. The highest BCUT2D eigenvalue weighted by Crippen LogP contribution is 2.27. The van der Waals surface area contributed by atoms with Crippen LogP contribution in [0.5, 0.6) is 0 Å². The second-order valence-corrected chi connectivity index (χ2v) is 9.87. The molecule has 0 saturated carbocycles. The molecule has 5 nitrogen and oxygen atoms in total. The highest BCUT2D eigenvalue weighted by atomic mass is 79.9. The third-order valence-corrected chi connectivity index (χ3v) is 6.91. The molecule has 2 aromatic carbocycles. The molecule has 6 heteroatoms. The van der Waals surface area contributed by atoms with Gasteiger partial charge in [-0.3, -0.25) is 4.79 Å². The molecule has 194 valence electrons. The number of carboxylic acid groups (broad SMARTS) is 1. The molecule has 0 bridgehead atoms. The quantitative estimate of drug-likeness (QED) is 0.187. The molecule has 0 aliphatic rings. The van der Waals surface area contributed by atoms with Gasteiger partial charge in [-0.15, -0.1) is 0 Å². The number of aryl methyl sites for hydroxylation is 1. The number of aromatic nitrogens is 1. The summed E-state index contributed by atoms with van der Waals surface area (Å²) in [6.45, 7) is 20.6. The Bertz CT molecular complexity index is 1520. The van der Waals surface area contributed by atoms with Crippen molar-refractivity contribution in [2.45, 2.75) is 26.9 Å². The summed E-state index contributed by atoms with van der Waals surface area (Å²) in [7, 11) is 0. The number of rotatable bonds is 11. The van der Waals surface area contributed by atoms with Crippen molar-refractivity contribution in [1.82, 2.24) is 9.88 Å². The van der Waals surface area contributed by atoms with Crippen LogP contribution in [0, 0.1) is 13.8 Å². The van der Waals surface area contributed by atoms with Gasteiger partial charge in [0, 0.05) is 39.7 Å². The zero-order valence-corrected chi connectivity index (χ0v) is 23.3. The van der Waals surface area contributed by atoms with Crippen LogP contribution in [-0.2, 0) is 17.9 Å². The zero-order chi connectivity index (χ0) is 28.0. The van der Waals surface area contributed by atoms with Gasteiger partial charge in [-0.2, -0.15) is 0 Å². The monoisotopic (exact) mass is 570 g/mol. The number of fused-ring (bicyclic) bond motifs is 1. The van der Waals surface area contributed by atoms with Crippen LogP contribution < -0.4 is 5.32 Å². The number of nitrogens with zero attached hydrogens (tertiary/aromatic N) is 1. The molecule has 0 aliphatic heterocycles. The van der Waals surface area contributed by atoms with Crippen LogP contribution in [0.25, 0.3) is 10.9 Å². The van der Waals surface area contributed by atoms with Gasteiger partial charge in [-0.05, 0) is 78.1 Å². The van der Waals surface area contributed by atoms with Crippen LogP contribution in [0.15, 0.2) is 120 Å². The molecule has 3 rings (SSSR count). The summed E-state index contributed by atoms with van der Waals surface area (Å²) in [5.74, 6) is -1.22. The first-order valence-electron chi connectivity index (χ1n) is 12.0. The molecule has 0 spiro atoms. The van der Waals surface area contributed by atoms with Crippen LogP contribution in [0.1, 0.15) is 27.2 Å². The smallest absolute Gasteiger partial charge is 0.336 e. The van der Waals surface area contributed by atoms with Crippen molar-refractivity contribution in [3.63, 3.8) is 0 Å². The van der Waals surface area contributed by atoms with E-state index >= 15 is 0 Å². The van der Waals surface area contributed by atoms with Gasteiger partial charge in [-0.1, -0.05) is 72.6 Å². The zero-order valence-electron chi connectivity index (χ0n) is 21.7. The molecular weight excluding hydrogens is 540 g/mol. The standard InChI is InChI=1S/C32H31BrN2O3/c1-7-8-28(32(37)38)22(4)21(3)10-9-20(2)19-35-24(6)23(5)29-17-26(13-16-30(29)35)31(36)34-18-25-11-14-27(33)15-12-25/h7-17H,1-4,18-19H2,5-6H3,(H,34,36)(H,37,38)/b10-9-,28-8+. The lowest BCUT2D eigenvalue weighted by atomic mass is 9.99. The van der Waals surface area contributed by atoms with Crippen LogP contribution in [0.3, 0.4) is 0 Å². The minimum absolute atomic E-state index is 0.0415. The molecule has 1 aromatic heterocycles. The minimum atomic E-state index is -1.09. The van der Waals surface area contributed by atoms with Crippen LogP contribution in [0.2, 0.25) is 0 Å². The Morgan fingerprint density at radius 3 is 2.37 bits per heavy atom. The van der Waals surface area contributed by atoms with E-state index in [1.54, 1.807) is 6.08 Å². The highest BCUT2D eigenvalue weighted by Gasteiger charge is 2.15. The Balaban J connectivity index is 1.75. The van der Waals surface area contributed by atoms with Gasteiger partial charge in [-0.25, -0.2) is 4.79 Å². The van der Waals surface area contributed by atoms with Crippen molar-refractivity contribution in [2.24, 2.45) is 0 Å². The molecule has 2 N–H and O–H groups in total. The summed E-state index contributed by atoms with van der Waals surface area (Å²) in [4.78, 5) is 24.3. The van der Waals surface area contributed by atoms with Gasteiger partial charge >= 0.3 is 5.97 Å². The van der Waals surface area contributed by atoms with Gasteiger partial charge in [0.1, 0.15) is 0 Å². The number of nitrogens with one attached hydrogen (secondary N) is 1. The molecule has 38 heavy (non-hydrogen) atoms. The van der Waals surface area contributed by atoms with Gasteiger partial charge < -0.3 is 15.0 Å². The van der Waals surface area contributed by atoms with Crippen molar-refractivity contribution in [3.05, 3.63) is 142 Å². The van der Waals surface area contributed by atoms with Gasteiger partial charge in [0.05, 0.1) is 5.57 Å². The average Bonchev–Trinajstić information content (AvgIpc) is 3.13. The number of amides is 1. The number of carbonyl (C=O) groups is 2. The normalized spacial score (nSPS) is 11.5. The van der Waals surface area contributed by atoms with Gasteiger partial charge in [0.15, 0.2) is 0 Å². The van der Waals surface area contributed by atoms with Gasteiger partial charge in [0.2, 0.25) is 0 Å². The number of carboxylic acids is 1. The molecule has 0 radical (unpaired) electrons. The van der Waals surface area contributed by atoms with Crippen LogP contribution >= 0.6 is 15.9 Å². The predicted molar refractivity (Wildman–Crippen MR) is 159 cm³/mol. The molecule has 0 saturated heterocycles. The number of hydrogen-bond donors (Lipinski definition) is 2. The summed E-state index contributed by atoms with van der Waals surface area (Å²) in [6, 6.07) is 13.6. The number of carbonyl (C=O) groups excluding carboxylic acids is 1. The van der Waals surface area contributed by atoms with Crippen molar-refractivity contribution < 1.29 is 14.7 Å². The van der Waals surface area contributed by atoms with E-state index in [2.05, 4.69) is 52.1 Å². The fourth-order valence-electron chi connectivity index (χ4n) is 4.05. The van der Waals surface area contributed by atoms with Crippen molar-refractivity contribution in [2.75, 3.05) is 0 Å². The summed E-state index contributed by atoms with van der Waals surface area (Å²) in [5.41, 5.74) is 6.44. The van der Waals surface area contributed by atoms with E-state index < -0.39 is 5.97 Å².